The minimum absolute atomic E-state index is 0.0454. The smallest absolute Gasteiger partial charge is 0.310 e. The number of carbonyl (C=O) groups excluding carboxylic acids is 2. The first-order valence-corrected chi connectivity index (χ1v) is 12.1. The average molecular weight is 464 g/mol. The molecule has 0 bridgehead atoms. The van der Waals surface area contributed by atoms with Crippen LogP contribution in [0.15, 0.2) is 53.5 Å². The fourth-order valence-corrected chi connectivity index (χ4v) is 4.64. The second-order valence-electron chi connectivity index (χ2n) is 8.64. The van der Waals surface area contributed by atoms with Gasteiger partial charge < -0.3 is 14.4 Å². The van der Waals surface area contributed by atoms with E-state index in [9.17, 15) is 9.59 Å². The molecule has 0 N–H and O–H groups in total. The lowest BCUT2D eigenvalue weighted by atomic mass is 9.99. The SMILES string of the molecule is CCOC(=O)CC(CN1CCN(C2=Nc3ccccc3Cc3ccccc32)CC1)C(=O)OCC. The van der Waals surface area contributed by atoms with Crippen LogP contribution in [-0.2, 0) is 25.5 Å². The normalized spacial score (nSPS) is 16.5. The molecular formula is C27H33N3O4. The number of rotatable bonds is 7. The van der Waals surface area contributed by atoms with Gasteiger partial charge in [-0.15, -0.1) is 0 Å². The molecule has 1 atom stereocenters. The highest BCUT2D eigenvalue weighted by Gasteiger charge is 2.30. The van der Waals surface area contributed by atoms with Crippen molar-refractivity contribution in [2.45, 2.75) is 26.7 Å². The third-order valence-electron chi connectivity index (χ3n) is 6.35. The Morgan fingerprint density at radius 3 is 2.32 bits per heavy atom. The van der Waals surface area contributed by atoms with E-state index in [0.717, 1.165) is 44.1 Å². The fourth-order valence-electron chi connectivity index (χ4n) is 4.64. The van der Waals surface area contributed by atoms with E-state index >= 15 is 0 Å². The number of fused-ring (bicyclic) bond motifs is 2. The van der Waals surface area contributed by atoms with Gasteiger partial charge in [-0.2, -0.15) is 0 Å². The third-order valence-corrected chi connectivity index (χ3v) is 6.35. The number of para-hydroxylation sites is 1. The zero-order valence-electron chi connectivity index (χ0n) is 20.0. The Bertz CT molecular complexity index is 1040. The Labute approximate surface area is 201 Å². The molecule has 4 rings (SSSR count). The molecule has 2 heterocycles. The lowest BCUT2D eigenvalue weighted by Crippen LogP contribution is -2.50. The van der Waals surface area contributed by atoms with Crippen molar-refractivity contribution in [3.8, 4) is 0 Å². The molecule has 2 aliphatic rings. The predicted octanol–water partition coefficient (Wildman–Crippen LogP) is 3.42. The highest BCUT2D eigenvalue weighted by Crippen LogP contribution is 2.30. The van der Waals surface area contributed by atoms with Gasteiger partial charge in [-0.1, -0.05) is 42.5 Å². The molecule has 34 heavy (non-hydrogen) atoms. The second-order valence-corrected chi connectivity index (χ2v) is 8.64. The van der Waals surface area contributed by atoms with Crippen molar-refractivity contribution in [2.75, 3.05) is 45.9 Å². The minimum atomic E-state index is -0.520. The van der Waals surface area contributed by atoms with Crippen molar-refractivity contribution in [3.63, 3.8) is 0 Å². The summed E-state index contributed by atoms with van der Waals surface area (Å²) < 4.78 is 10.3. The topological polar surface area (TPSA) is 71.4 Å². The second kappa shape index (κ2) is 11.3. The minimum Gasteiger partial charge on any atom is -0.466 e. The Morgan fingerprint density at radius 1 is 0.912 bits per heavy atom. The number of aliphatic imine (C=N–C) groups is 1. The van der Waals surface area contributed by atoms with Crippen molar-refractivity contribution in [3.05, 3.63) is 65.2 Å². The van der Waals surface area contributed by atoms with Gasteiger partial charge in [0.1, 0.15) is 5.84 Å². The van der Waals surface area contributed by atoms with Crippen LogP contribution in [-0.4, -0.2) is 73.5 Å². The zero-order valence-corrected chi connectivity index (χ0v) is 20.0. The van der Waals surface area contributed by atoms with Gasteiger partial charge in [-0.05, 0) is 31.0 Å². The van der Waals surface area contributed by atoms with Gasteiger partial charge in [0.05, 0.1) is 31.2 Å². The van der Waals surface area contributed by atoms with Crippen molar-refractivity contribution in [1.82, 2.24) is 9.80 Å². The molecule has 1 unspecified atom stereocenters. The van der Waals surface area contributed by atoms with Crippen LogP contribution in [0.4, 0.5) is 5.69 Å². The summed E-state index contributed by atoms with van der Waals surface area (Å²) in [5.74, 6) is -0.207. The van der Waals surface area contributed by atoms with Crippen molar-refractivity contribution in [1.29, 1.82) is 0 Å². The molecule has 7 nitrogen and oxygen atoms in total. The number of benzene rings is 2. The van der Waals surface area contributed by atoms with Gasteiger partial charge in [-0.3, -0.25) is 14.5 Å². The maximum Gasteiger partial charge on any atom is 0.310 e. The molecule has 2 aromatic carbocycles. The van der Waals surface area contributed by atoms with Gasteiger partial charge in [0.25, 0.3) is 0 Å². The zero-order chi connectivity index (χ0) is 23.9. The molecule has 0 amide bonds. The number of esters is 2. The Hall–Kier alpha value is -3.19. The van der Waals surface area contributed by atoms with Gasteiger partial charge in [0, 0.05) is 44.7 Å². The fraction of sp³-hybridized carbons (Fsp3) is 0.444. The summed E-state index contributed by atoms with van der Waals surface area (Å²) in [4.78, 5) is 34.2. The summed E-state index contributed by atoms with van der Waals surface area (Å²) in [7, 11) is 0. The Balaban J connectivity index is 1.47. The number of hydrogen-bond acceptors (Lipinski definition) is 7. The molecule has 2 aromatic rings. The van der Waals surface area contributed by atoms with Crippen molar-refractivity contribution >= 4 is 23.5 Å². The lowest BCUT2D eigenvalue weighted by Gasteiger charge is -2.37. The van der Waals surface area contributed by atoms with Crippen molar-refractivity contribution in [2.24, 2.45) is 10.9 Å². The lowest BCUT2D eigenvalue weighted by molar-refractivity contribution is -0.155. The number of piperazine rings is 1. The first-order valence-electron chi connectivity index (χ1n) is 12.1. The average Bonchev–Trinajstić information content (AvgIpc) is 3.01. The quantitative estimate of drug-likeness (QED) is 0.586. The molecule has 0 saturated carbocycles. The Morgan fingerprint density at radius 2 is 1.59 bits per heavy atom. The Kier molecular flexibility index (Phi) is 7.95. The van der Waals surface area contributed by atoms with Crippen LogP contribution in [0.3, 0.4) is 0 Å². The number of amidine groups is 1. The van der Waals surface area contributed by atoms with Gasteiger partial charge in [0.15, 0.2) is 0 Å². The largest absolute Gasteiger partial charge is 0.466 e. The molecule has 0 spiro atoms. The van der Waals surface area contributed by atoms with E-state index in [1.807, 2.05) is 6.07 Å². The van der Waals surface area contributed by atoms with Crippen LogP contribution >= 0.6 is 0 Å². The van der Waals surface area contributed by atoms with Gasteiger partial charge in [-0.25, -0.2) is 4.99 Å². The van der Waals surface area contributed by atoms with E-state index in [0.29, 0.717) is 19.8 Å². The first-order chi connectivity index (χ1) is 16.6. The molecule has 0 aliphatic carbocycles. The summed E-state index contributed by atoms with van der Waals surface area (Å²) in [6.45, 7) is 7.78. The summed E-state index contributed by atoms with van der Waals surface area (Å²) in [6, 6.07) is 16.8. The molecule has 180 valence electrons. The molecule has 1 saturated heterocycles. The summed E-state index contributed by atoms with van der Waals surface area (Å²) in [5, 5.41) is 0. The van der Waals surface area contributed by atoms with Crippen molar-refractivity contribution < 1.29 is 19.1 Å². The van der Waals surface area contributed by atoms with Gasteiger partial charge >= 0.3 is 11.9 Å². The number of ether oxygens (including phenoxy) is 2. The van der Waals surface area contributed by atoms with E-state index in [1.165, 1.54) is 16.7 Å². The van der Waals surface area contributed by atoms with Crippen LogP contribution < -0.4 is 0 Å². The van der Waals surface area contributed by atoms with E-state index in [-0.39, 0.29) is 18.4 Å². The van der Waals surface area contributed by atoms with E-state index in [4.69, 9.17) is 14.5 Å². The molecule has 0 radical (unpaired) electrons. The van der Waals surface area contributed by atoms with Crippen LogP contribution in [0.5, 0.6) is 0 Å². The van der Waals surface area contributed by atoms with Crippen LogP contribution in [0.2, 0.25) is 0 Å². The maximum atomic E-state index is 12.5. The predicted molar refractivity (Wildman–Crippen MR) is 131 cm³/mol. The number of nitrogens with zero attached hydrogens (tertiary/aromatic N) is 3. The van der Waals surface area contributed by atoms with E-state index in [1.54, 1.807) is 13.8 Å². The van der Waals surface area contributed by atoms with Crippen LogP contribution in [0.1, 0.15) is 37.0 Å². The van der Waals surface area contributed by atoms with Crippen LogP contribution in [0.25, 0.3) is 0 Å². The molecule has 2 aliphatic heterocycles. The summed E-state index contributed by atoms with van der Waals surface area (Å²) >= 11 is 0. The summed E-state index contributed by atoms with van der Waals surface area (Å²) in [5.41, 5.74) is 4.72. The van der Waals surface area contributed by atoms with Crippen LogP contribution in [0, 0.1) is 5.92 Å². The first kappa shape index (κ1) is 24.0. The monoisotopic (exact) mass is 463 g/mol. The molecule has 1 fully saturated rings. The summed E-state index contributed by atoms with van der Waals surface area (Å²) in [6.07, 6.45) is 0.915. The number of hydrogen-bond donors (Lipinski definition) is 0. The highest BCUT2D eigenvalue weighted by molar-refractivity contribution is 6.02. The van der Waals surface area contributed by atoms with E-state index in [2.05, 4.69) is 52.3 Å². The molecule has 0 aromatic heterocycles. The molecule has 7 heteroatoms. The standard InChI is InChI=1S/C27H33N3O4/c1-3-33-25(31)18-22(27(32)34-4-2)19-29-13-15-30(16-14-29)26-23-11-7-5-9-20(23)17-21-10-6-8-12-24(21)28-26/h5-12,22H,3-4,13-19H2,1-2H3. The van der Waals surface area contributed by atoms with Gasteiger partial charge in [0.2, 0.25) is 0 Å². The highest BCUT2D eigenvalue weighted by atomic mass is 16.5. The maximum absolute atomic E-state index is 12.5. The molecular weight excluding hydrogens is 430 g/mol. The number of carbonyl (C=O) groups is 2. The van der Waals surface area contributed by atoms with E-state index < -0.39 is 5.92 Å². The third kappa shape index (κ3) is 5.65.